The zero-order chi connectivity index (χ0) is 16.4. The van der Waals surface area contributed by atoms with E-state index in [0.29, 0.717) is 5.69 Å². The van der Waals surface area contributed by atoms with Crippen molar-refractivity contribution in [3.63, 3.8) is 0 Å². The van der Waals surface area contributed by atoms with Crippen LogP contribution in [-0.4, -0.2) is 60.2 Å². The summed E-state index contributed by atoms with van der Waals surface area (Å²) in [5.41, 5.74) is 1.51. The van der Waals surface area contributed by atoms with Crippen LogP contribution in [0.5, 0.6) is 0 Å². The molecule has 0 saturated carbocycles. The first kappa shape index (κ1) is 15.5. The number of likely N-dealkylation sites (tertiary alicyclic amines) is 1. The van der Waals surface area contributed by atoms with Gasteiger partial charge in [-0.3, -0.25) is 4.79 Å². The van der Waals surface area contributed by atoms with E-state index in [-0.39, 0.29) is 5.91 Å². The topological polar surface area (TPSA) is 58.6 Å². The first-order valence-electron chi connectivity index (χ1n) is 8.35. The summed E-state index contributed by atoms with van der Waals surface area (Å²) in [6.45, 7) is 4.94. The summed E-state index contributed by atoms with van der Waals surface area (Å²) in [7, 11) is 0. The molecule has 4 heterocycles. The first-order chi connectivity index (χ1) is 11.8. The number of carbonyl (C=O) groups is 1. The average molecular weight is 344 g/mol. The fraction of sp³-hybridized carbons (Fsp3) is 0.471. The van der Waals surface area contributed by atoms with Crippen molar-refractivity contribution in [3.8, 4) is 10.6 Å². The monoisotopic (exact) mass is 344 g/mol. The van der Waals surface area contributed by atoms with Crippen molar-refractivity contribution in [2.75, 3.05) is 44.3 Å². The van der Waals surface area contributed by atoms with E-state index < -0.39 is 0 Å². The Hall–Kier alpha value is -1.99. The fourth-order valence-electron chi connectivity index (χ4n) is 3.08. The molecule has 6 nitrogen and oxygen atoms in total. The lowest BCUT2D eigenvalue weighted by molar-refractivity contribution is 0.0788. The summed E-state index contributed by atoms with van der Waals surface area (Å²) in [6.07, 6.45) is 4.03. The van der Waals surface area contributed by atoms with Crippen molar-refractivity contribution in [1.82, 2.24) is 14.9 Å². The van der Waals surface area contributed by atoms with Crippen molar-refractivity contribution in [2.24, 2.45) is 0 Å². The highest BCUT2D eigenvalue weighted by Crippen LogP contribution is 2.26. The summed E-state index contributed by atoms with van der Waals surface area (Å²) in [5, 5.41) is 2.70. The zero-order valence-electron chi connectivity index (χ0n) is 13.5. The lowest BCUT2D eigenvalue weighted by atomic mass is 10.3. The number of amides is 1. The van der Waals surface area contributed by atoms with E-state index in [9.17, 15) is 4.79 Å². The molecule has 2 aliphatic rings. The lowest BCUT2D eigenvalue weighted by Crippen LogP contribution is -2.36. The van der Waals surface area contributed by atoms with Gasteiger partial charge in [0.2, 0.25) is 0 Å². The minimum atomic E-state index is 0.0490. The van der Waals surface area contributed by atoms with Crippen LogP contribution in [0.2, 0.25) is 0 Å². The minimum absolute atomic E-state index is 0.0490. The van der Waals surface area contributed by atoms with Gasteiger partial charge in [0, 0.05) is 43.3 Å². The van der Waals surface area contributed by atoms with Crippen molar-refractivity contribution < 1.29 is 9.53 Å². The summed E-state index contributed by atoms with van der Waals surface area (Å²) in [4.78, 5) is 25.6. The Morgan fingerprint density at radius 1 is 1.12 bits per heavy atom. The number of carbonyl (C=O) groups excluding carboxylic acids is 1. The van der Waals surface area contributed by atoms with Crippen LogP contribution in [-0.2, 0) is 4.74 Å². The lowest BCUT2D eigenvalue weighted by Gasteiger charge is -2.27. The molecular formula is C17H20N4O2S. The Balaban J connectivity index is 1.48. The number of nitrogens with zero attached hydrogens (tertiary/aromatic N) is 4. The highest BCUT2D eigenvalue weighted by molar-refractivity contribution is 7.13. The van der Waals surface area contributed by atoms with E-state index >= 15 is 0 Å². The summed E-state index contributed by atoms with van der Waals surface area (Å²) in [6, 6.07) is 4.05. The number of hydrogen-bond acceptors (Lipinski definition) is 6. The van der Waals surface area contributed by atoms with Gasteiger partial charge in [-0.25, -0.2) is 9.97 Å². The van der Waals surface area contributed by atoms with Gasteiger partial charge in [0.1, 0.15) is 16.5 Å². The predicted octanol–water partition coefficient (Wildman–Crippen LogP) is 2.28. The number of aromatic nitrogens is 2. The van der Waals surface area contributed by atoms with Crippen LogP contribution in [0.15, 0.2) is 23.7 Å². The molecule has 2 aromatic heterocycles. The molecule has 1 amide bonds. The van der Waals surface area contributed by atoms with Gasteiger partial charge in [0.05, 0.1) is 13.2 Å². The molecule has 0 unspecified atom stereocenters. The highest BCUT2D eigenvalue weighted by atomic mass is 32.1. The van der Waals surface area contributed by atoms with Crippen LogP contribution in [0.3, 0.4) is 0 Å². The number of thiazole rings is 1. The molecule has 2 aromatic rings. The molecule has 2 aliphatic heterocycles. The number of hydrogen-bond donors (Lipinski definition) is 0. The summed E-state index contributed by atoms with van der Waals surface area (Å²) < 4.78 is 5.37. The molecule has 7 heteroatoms. The Bertz CT molecular complexity index is 704. The van der Waals surface area contributed by atoms with E-state index in [1.54, 1.807) is 0 Å². The standard InChI is InChI=1S/C17H20N4O2S/c22-17(21-5-1-2-6-21)14-12-24-16(19-14)13-3-4-15(18-11-13)20-7-9-23-10-8-20/h3-4,11-12H,1-2,5-10H2. The van der Waals surface area contributed by atoms with E-state index in [1.807, 2.05) is 28.6 Å². The highest BCUT2D eigenvalue weighted by Gasteiger charge is 2.22. The molecule has 4 rings (SSSR count). The number of morpholine rings is 1. The Morgan fingerprint density at radius 2 is 1.92 bits per heavy atom. The molecule has 0 bridgehead atoms. The van der Waals surface area contributed by atoms with Crippen molar-refractivity contribution in [1.29, 1.82) is 0 Å². The van der Waals surface area contributed by atoms with Gasteiger partial charge in [-0.05, 0) is 25.0 Å². The van der Waals surface area contributed by atoms with E-state index in [4.69, 9.17) is 4.74 Å². The second-order valence-corrected chi connectivity index (χ2v) is 6.90. The van der Waals surface area contributed by atoms with E-state index in [0.717, 1.165) is 68.6 Å². The van der Waals surface area contributed by atoms with Crippen LogP contribution in [0, 0.1) is 0 Å². The molecule has 24 heavy (non-hydrogen) atoms. The third kappa shape index (κ3) is 3.14. The van der Waals surface area contributed by atoms with Gasteiger partial charge >= 0.3 is 0 Å². The third-order valence-corrected chi connectivity index (χ3v) is 5.34. The zero-order valence-corrected chi connectivity index (χ0v) is 14.3. The Labute approximate surface area is 145 Å². The van der Waals surface area contributed by atoms with Crippen LogP contribution in [0.4, 0.5) is 5.82 Å². The molecule has 2 saturated heterocycles. The third-order valence-electron chi connectivity index (χ3n) is 4.45. The van der Waals surface area contributed by atoms with E-state index in [1.165, 1.54) is 11.3 Å². The molecular weight excluding hydrogens is 324 g/mol. The Kier molecular flexibility index (Phi) is 4.44. The largest absolute Gasteiger partial charge is 0.378 e. The molecule has 0 spiro atoms. The maximum atomic E-state index is 12.4. The number of anilines is 1. The normalized spacial score (nSPS) is 18.2. The molecule has 0 atom stereocenters. The Morgan fingerprint density at radius 3 is 2.62 bits per heavy atom. The van der Waals surface area contributed by atoms with Gasteiger partial charge in [-0.2, -0.15) is 0 Å². The van der Waals surface area contributed by atoms with Gasteiger partial charge < -0.3 is 14.5 Å². The van der Waals surface area contributed by atoms with Crippen LogP contribution < -0.4 is 4.90 Å². The predicted molar refractivity (Wildman–Crippen MR) is 93.5 cm³/mol. The number of ether oxygens (including phenoxy) is 1. The molecule has 0 radical (unpaired) electrons. The van der Waals surface area contributed by atoms with Gasteiger partial charge in [0.25, 0.3) is 5.91 Å². The molecule has 126 valence electrons. The van der Waals surface area contributed by atoms with Gasteiger partial charge in [-0.1, -0.05) is 0 Å². The molecule has 2 fully saturated rings. The number of pyridine rings is 1. The maximum Gasteiger partial charge on any atom is 0.273 e. The van der Waals surface area contributed by atoms with Crippen molar-refractivity contribution in [3.05, 3.63) is 29.4 Å². The average Bonchev–Trinajstić information content (AvgIpc) is 3.34. The van der Waals surface area contributed by atoms with Crippen molar-refractivity contribution in [2.45, 2.75) is 12.8 Å². The number of rotatable bonds is 3. The molecule has 0 aromatic carbocycles. The second-order valence-electron chi connectivity index (χ2n) is 6.04. The van der Waals surface area contributed by atoms with Crippen LogP contribution in [0.1, 0.15) is 23.3 Å². The molecule has 0 N–H and O–H groups in total. The van der Waals surface area contributed by atoms with Gasteiger partial charge in [-0.15, -0.1) is 11.3 Å². The fourth-order valence-corrected chi connectivity index (χ4v) is 3.86. The second kappa shape index (κ2) is 6.86. The van der Waals surface area contributed by atoms with Crippen molar-refractivity contribution >= 4 is 23.1 Å². The SMILES string of the molecule is O=C(c1csc(-c2ccc(N3CCOCC3)nc2)n1)N1CCCC1. The molecule has 0 aliphatic carbocycles. The smallest absolute Gasteiger partial charge is 0.273 e. The maximum absolute atomic E-state index is 12.4. The minimum Gasteiger partial charge on any atom is -0.378 e. The van der Waals surface area contributed by atoms with Crippen LogP contribution in [0.25, 0.3) is 10.6 Å². The first-order valence-corrected chi connectivity index (χ1v) is 9.23. The van der Waals surface area contributed by atoms with Gasteiger partial charge in [0.15, 0.2) is 0 Å². The quantitative estimate of drug-likeness (QED) is 0.855. The van der Waals surface area contributed by atoms with Crippen LogP contribution >= 0.6 is 11.3 Å². The van der Waals surface area contributed by atoms with E-state index in [2.05, 4.69) is 14.9 Å². The summed E-state index contributed by atoms with van der Waals surface area (Å²) in [5.74, 6) is 1.01. The summed E-state index contributed by atoms with van der Waals surface area (Å²) >= 11 is 1.50.